The smallest absolute Gasteiger partial charge is 0.335 e. The molecule has 0 aromatic carbocycles. The first-order chi connectivity index (χ1) is 10.9. The molecule has 2 saturated heterocycles. The van der Waals surface area contributed by atoms with Crippen molar-refractivity contribution in [3.05, 3.63) is 23.9 Å². The molecule has 1 unspecified atom stereocenters. The molecule has 0 radical (unpaired) electrons. The second kappa shape index (κ2) is 6.18. The van der Waals surface area contributed by atoms with Gasteiger partial charge in [0.15, 0.2) is 5.03 Å². The Labute approximate surface area is 135 Å². The van der Waals surface area contributed by atoms with Crippen LogP contribution in [-0.4, -0.2) is 54.1 Å². The Morgan fingerprint density at radius 3 is 2.91 bits per heavy atom. The lowest BCUT2D eigenvalue weighted by Gasteiger charge is -2.27. The molecule has 0 saturated carbocycles. The molecule has 2 aliphatic rings. The van der Waals surface area contributed by atoms with Crippen molar-refractivity contribution in [3.8, 4) is 0 Å². The first-order valence-corrected chi connectivity index (χ1v) is 9.20. The van der Waals surface area contributed by atoms with Crippen LogP contribution in [0.1, 0.15) is 42.5 Å². The highest BCUT2D eigenvalue weighted by Gasteiger charge is 2.44. The number of carboxylic acid groups (broad SMARTS) is 1. The predicted octanol–water partition coefficient (Wildman–Crippen LogP) is 1.50. The molecule has 0 aliphatic carbocycles. The van der Waals surface area contributed by atoms with Gasteiger partial charge in [0.1, 0.15) is 0 Å². The highest BCUT2D eigenvalue weighted by Crippen LogP contribution is 2.35. The van der Waals surface area contributed by atoms with E-state index in [0.717, 1.165) is 31.7 Å². The van der Waals surface area contributed by atoms with E-state index in [2.05, 4.69) is 4.98 Å². The summed E-state index contributed by atoms with van der Waals surface area (Å²) < 4.78 is 32.8. The highest BCUT2D eigenvalue weighted by molar-refractivity contribution is 7.89. The number of hydrogen-bond acceptors (Lipinski definition) is 5. The Hall–Kier alpha value is -1.51. The number of aromatic nitrogens is 1. The fourth-order valence-electron chi connectivity index (χ4n) is 3.24. The van der Waals surface area contributed by atoms with Crippen molar-refractivity contribution in [1.82, 2.24) is 9.29 Å². The van der Waals surface area contributed by atoms with Gasteiger partial charge in [0.2, 0.25) is 0 Å². The maximum atomic E-state index is 12.7. The maximum absolute atomic E-state index is 12.7. The Kier molecular flexibility index (Phi) is 4.39. The second-order valence-electron chi connectivity index (χ2n) is 6.12. The zero-order valence-electron chi connectivity index (χ0n) is 12.8. The molecule has 3 heterocycles. The van der Waals surface area contributed by atoms with Crippen molar-refractivity contribution in [2.45, 2.75) is 42.7 Å². The third-order valence-corrected chi connectivity index (χ3v) is 6.30. The molecule has 1 aromatic rings. The molecule has 7 nitrogen and oxygen atoms in total. The Bertz CT molecular complexity index is 696. The van der Waals surface area contributed by atoms with E-state index >= 15 is 0 Å². The quantitative estimate of drug-likeness (QED) is 0.896. The summed E-state index contributed by atoms with van der Waals surface area (Å²) in [5, 5.41) is 8.79. The third-order valence-electron chi connectivity index (χ3n) is 4.55. The molecule has 2 fully saturated rings. The number of ether oxygens (including phenoxy) is 1. The average Bonchev–Trinajstić information content (AvgIpc) is 2.82. The van der Waals surface area contributed by atoms with E-state index in [-0.39, 0.29) is 10.6 Å². The van der Waals surface area contributed by atoms with Crippen LogP contribution in [0.2, 0.25) is 0 Å². The molecule has 8 heteroatoms. The zero-order chi connectivity index (χ0) is 16.5. The van der Waals surface area contributed by atoms with Gasteiger partial charge >= 0.3 is 5.97 Å². The molecule has 0 amide bonds. The third kappa shape index (κ3) is 3.24. The molecule has 1 atom stereocenters. The number of carboxylic acids is 1. The summed E-state index contributed by atoms with van der Waals surface area (Å²) >= 11 is 0. The van der Waals surface area contributed by atoms with Crippen molar-refractivity contribution >= 4 is 16.0 Å². The van der Waals surface area contributed by atoms with E-state index in [1.807, 2.05) is 0 Å². The van der Waals surface area contributed by atoms with Crippen LogP contribution in [0.3, 0.4) is 0 Å². The van der Waals surface area contributed by atoms with Crippen LogP contribution < -0.4 is 0 Å². The van der Waals surface area contributed by atoms with Gasteiger partial charge in [0, 0.05) is 25.9 Å². The molecule has 2 aliphatic heterocycles. The van der Waals surface area contributed by atoms with Crippen LogP contribution in [0.5, 0.6) is 0 Å². The molecular weight excluding hydrogens is 320 g/mol. The van der Waals surface area contributed by atoms with Gasteiger partial charge in [-0.2, -0.15) is 4.31 Å². The zero-order valence-corrected chi connectivity index (χ0v) is 13.6. The fraction of sp³-hybridized carbons (Fsp3) is 0.600. The van der Waals surface area contributed by atoms with Crippen LogP contribution in [0.4, 0.5) is 0 Å². The molecule has 1 aromatic heterocycles. The van der Waals surface area contributed by atoms with Crippen LogP contribution >= 0.6 is 0 Å². The lowest BCUT2D eigenvalue weighted by molar-refractivity contribution is -0.0301. The van der Waals surface area contributed by atoms with Gasteiger partial charge < -0.3 is 9.84 Å². The Morgan fingerprint density at radius 2 is 2.13 bits per heavy atom. The highest BCUT2D eigenvalue weighted by atomic mass is 32.2. The van der Waals surface area contributed by atoms with Gasteiger partial charge in [0.05, 0.1) is 11.2 Å². The normalized spacial score (nSPS) is 26.3. The van der Waals surface area contributed by atoms with E-state index in [1.54, 1.807) is 0 Å². The summed E-state index contributed by atoms with van der Waals surface area (Å²) in [7, 11) is -3.80. The average molecular weight is 340 g/mol. The van der Waals surface area contributed by atoms with Crippen molar-refractivity contribution in [2.24, 2.45) is 0 Å². The Morgan fingerprint density at radius 1 is 1.30 bits per heavy atom. The molecule has 3 rings (SSSR count). The maximum Gasteiger partial charge on any atom is 0.335 e. The van der Waals surface area contributed by atoms with Crippen LogP contribution in [0, 0.1) is 0 Å². The summed E-state index contributed by atoms with van der Waals surface area (Å²) in [5.74, 6) is -1.17. The lowest BCUT2D eigenvalue weighted by Crippen LogP contribution is -2.38. The number of pyridine rings is 1. The molecule has 1 N–H and O–H groups in total. The second-order valence-corrected chi connectivity index (χ2v) is 8.00. The summed E-state index contributed by atoms with van der Waals surface area (Å²) in [6, 6.07) is 2.39. The first kappa shape index (κ1) is 16.4. The van der Waals surface area contributed by atoms with Gasteiger partial charge in [-0.15, -0.1) is 0 Å². The van der Waals surface area contributed by atoms with Crippen LogP contribution in [-0.2, 0) is 14.8 Å². The number of rotatable bonds is 3. The van der Waals surface area contributed by atoms with Crippen LogP contribution in [0.25, 0.3) is 0 Å². The minimum absolute atomic E-state index is 0.0850. The minimum Gasteiger partial charge on any atom is -0.478 e. The number of hydrogen-bond donors (Lipinski definition) is 1. The van der Waals surface area contributed by atoms with E-state index in [4.69, 9.17) is 9.84 Å². The van der Waals surface area contributed by atoms with Crippen LogP contribution in [0.15, 0.2) is 23.4 Å². The van der Waals surface area contributed by atoms with E-state index < -0.39 is 21.6 Å². The minimum atomic E-state index is -3.80. The Balaban J connectivity index is 1.83. The van der Waals surface area contributed by atoms with Crippen molar-refractivity contribution in [3.63, 3.8) is 0 Å². The summed E-state index contributed by atoms with van der Waals surface area (Å²) in [5.41, 5.74) is -0.480. The van der Waals surface area contributed by atoms with Crippen molar-refractivity contribution in [1.29, 1.82) is 0 Å². The lowest BCUT2D eigenvalue weighted by atomic mass is 9.96. The standard InChI is InChI=1S/C15H20N2O5S/c18-14(19)12-4-7-16-13(10-12)23(20,21)17-8-6-15(11-17)5-2-1-3-9-22-15/h4,7,10H,1-3,5-6,8-9,11H2,(H,18,19). The largest absolute Gasteiger partial charge is 0.478 e. The van der Waals surface area contributed by atoms with Crippen molar-refractivity contribution < 1.29 is 23.1 Å². The molecular formula is C15H20N2O5S. The van der Waals surface area contributed by atoms with Gasteiger partial charge in [0.25, 0.3) is 10.0 Å². The number of carbonyl (C=O) groups is 1. The summed E-state index contributed by atoms with van der Waals surface area (Å²) in [6.07, 6.45) is 5.91. The topological polar surface area (TPSA) is 96.8 Å². The summed E-state index contributed by atoms with van der Waals surface area (Å²) in [6.45, 7) is 1.36. The van der Waals surface area contributed by atoms with Gasteiger partial charge in [-0.1, -0.05) is 12.8 Å². The molecule has 0 bridgehead atoms. The number of sulfonamides is 1. The monoisotopic (exact) mass is 340 g/mol. The number of nitrogens with zero attached hydrogens (tertiary/aromatic N) is 2. The van der Waals surface area contributed by atoms with E-state index in [0.29, 0.717) is 26.1 Å². The first-order valence-electron chi connectivity index (χ1n) is 7.76. The van der Waals surface area contributed by atoms with Gasteiger partial charge in [-0.25, -0.2) is 18.2 Å². The van der Waals surface area contributed by atoms with Gasteiger partial charge in [-0.05, 0) is 31.4 Å². The molecule has 126 valence electrons. The SMILES string of the molecule is O=C(O)c1ccnc(S(=O)(=O)N2CCC3(CCCCCO3)C2)c1. The summed E-state index contributed by atoms with van der Waals surface area (Å²) in [4.78, 5) is 14.9. The fourth-order valence-corrected chi connectivity index (χ4v) is 4.71. The molecule has 23 heavy (non-hydrogen) atoms. The predicted molar refractivity (Wildman–Crippen MR) is 81.7 cm³/mol. The van der Waals surface area contributed by atoms with E-state index in [9.17, 15) is 13.2 Å². The number of aromatic carboxylic acids is 1. The van der Waals surface area contributed by atoms with E-state index in [1.165, 1.54) is 16.6 Å². The molecule has 1 spiro atoms. The van der Waals surface area contributed by atoms with Crippen molar-refractivity contribution in [2.75, 3.05) is 19.7 Å². The van der Waals surface area contributed by atoms with Gasteiger partial charge in [-0.3, -0.25) is 0 Å².